The van der Waals surface area contributed by atoms with Crippen LogP contribution in [0.3, 0.4) is 0 Å². The molecular formula is C17H24FN3O. The van der Waals surface area contributed by atoms with E-state index < -0.39 is 0 Å². The Morgan fingerprint density at radius 2 is 2.14 bits per heavy atom. The number of benzene rings is 1. The Morgan fingerprint density at radius 3 is 2.95 bits per heavy atom. The predicted molar refractivity (Wildman–Crippen MR) is 84.1 cm³/mol. The summed E-state index contributed by atoms with van der Waals surface area (Å²) in [6.45, 7) is 4.24. The van der Waals surface area contributed by atoms with Crippen molar-refractivity contribution in [3.63, 3.8) is 0 Å². The number of nitrogens with one attached hydrogen (secondary N) is 2. The first-order valence-corrected chi connectivity index (χ1v) is 8.17. The summed E-state index contributed by atoms with van der Waals surface area (Å²) in [5.41, 5.74) is 1.04. The highest BCUT2D eigenvalue weighted by Crippen LogP contribution is 2.24. The van der Waals surface area contributed by atoms with Crippen LogP contribution in [0.15, 0.2) is 24.3 Å². The quantitative estimate of drug-likeness (QED) is 0.858. The first kappa shape index (κ1) is 15.4. The molecule has 2 aliphatic heterocycles. The summed E-state index contributed by atoms with van der Waals surface area (Å²) >= 11 is 0. The number of nitrogens with zero attached hydrogens (tertiary/aromatic N) is 1. The molecule has 4 nitrogen and oxygen atoms in total. The van der Waals surface area contributed by atoms with E-state index in [2.05, 4.69) is 15.5 Å². The van der Waals surface area contributed by atoms with Crippen LogP contribution in [0, 0.1) is 11.7 Å². The maximum atomic E-state index is 12.8. The lowest BCUT2D eigenvalue weighted by molar-refractivity contribution is -0.122. The lowest BCUT2D eigenvalue weighted by Gasteiger charge is -2.34. The molecule has 2 fully saturated rings. The second-order valence-corrected chi connectivity index (χ2v) is 6.36. The molecule has 1 aromatic rings. The maximum absolute atomic E-state index is 12.8. The molecule has 22 heavy (non-hydrogen) atoms. The Balaban J connectivity index is 1.36. The number of fused-ring (bicyclic) bond motifs is 1. The number of hydrogen-bond donors (Lipinski definition) is 2. The lowest BCUT2D eigenvalue weighted by atomic mass is 9.93. The largest absolute Gasteiger partial charge is 0.355 e. The molecule has 0 spiro atoms. The highest BCUT2D eigenvalue weighted by Gasteiger charge is 2.32. The van der Waals surface area contributed by atoms with E-state index >= 15 is 0 Å². The molecule has 120 valence electrons. The molecule has 5 heteroatoms. The van der Waals surface area contributed by atoms with Crippen molar-refractivity contribution in [2.45, 2.75) is 25.3 Å². The average Bonchev–Trinajstić information content (AvgIpc) is 2.97. The summed E-state index contributed by atoms with van der Waals surface area (Å²) in [5, 5.41) is 6.50. The normalized spacial score (nSPS) is 25.0. The molecule has 1 aromatic carbocycles. The smallest absolute Gasteiger partial charge is 0.234 e. The maximum Gasteiger partial charge on any atom is 0.234 e. The predicted octanol–water partition coefficient (Wildman–Crippen LogP) is 1.17. The number of likely N-dealkylation sites (tertiary alicyclic amines) is 1. The molecule has 2 aliphatic rings. The highest BCUT2D eigenvalue weighted by atomic mass is 19.1. The minimum absolute atomic E-state index is 0.0894. The number of rotatable bonds is 5. The van der Waals surface area contributed by atoms with Crippen molar-refractivity contribution < 1.29 is 9.18 Å². The second kappa shape index (κ2) is 7.20. The molecule has 0 bridgehead atoms. The minimum atomic E-state index is -0.224. The van der Waals surface area contributed by atoms with Crippen LogP contribution in [-0.4, -0.2) is 49.6 Å². The van der Waals surface area contributed by atoms with E-state index in [0.717, 1.165) is 38.0 Å². The van der Waals surface area contributed by atoms with E-state index in [4.69, 9.17) is 0 Å². The summed E-state index contributed by atoms with van der Waals surface area (Å²) in [7, 11) is 0. The van der Waals surface area contributed by atoms with E-state index in [-0.39, 0.29) is 11.7 Å². The first-order valence-electron chi connectivity index (χ1n) is 8.17. The Kier molecular flexibility index (Phi) is 5.05. The van der Waals surface area contributed by atoms with Gasteiger partial charge in [-0.15, -0.1) is 0 Å². The fourth-order valence-corrected chi connectivity index (χ4v) is 3.52. The number of amides is 1. The number of carbonyl (C=O) groups excluding carboxylic acids is 1. The van der Waals surface area contributed by atoms with Gasteiger partial charge in [0.2, 0.25) is 5.91 Å². The van der Waals surface area contributed by atoms with Crippen molar-refractivity contribution in [2.24, 2.45) is 5.92 Å². The lowest BCUT2D eigenvalue weighted by Crippen LogP contribution is -2.48. The average molecular weight is 305 g/mol. The van der Waals surface area contributed by atoms with E-state index in [9.17, 15) is 9.18 Å². The van der Waals surface area contributed by atoms with Crippen molar-refractivity contribution in [2.75, 3.05) is 32.7 Å². The van der Waals surface area contributed by atoms with Crippen molar-refractivity contribution in [3.8, 4) is 0 Å². The van der Waals surface area contributed by atoms with Gasteiger partial charge in [0.15, 0.2) is 0 Å². The van der Waals surface area contributed by atoms with Gasteiger partial charge in [0.25, 0.3) is 0 Å². The van der Waals surface area contributed by atoms with E-state index in [1.165, 1.54) is 18.6 Å². The zero-order valence-corrected chi connectivity index (χ0v) is 12.9. The van der Waals surface area contributed by atoms with Crippen LogP contribution >= 0.6 is 0 Å². The first-order chi connectivity index (χ1) is 10.7. The van der Waals surface area contributed by atoms with Crippen LogP contribution in [0.25, 0.3) is 0 Å². The Labute approximate surface area is 131 Å². The Morgan fingerprint density at radius 1 is 1.32 bits per heavy atom. The van der Waals surface area contributed by atoms with Gasteiger partial charge in [0, 0.05) is 25.7 Å². The molecule has 2 atom stereocenters. The summed E-state index contributed by atoms with van der Waals surface area (Å²) in [4.78, 5) is 14.3. The molecule has 0 aliphatic carbocycles. The number of carbonyl (C=O) groups is 1. The summed E-state index contributed by atoms with van der Waals surface area (Å²) in [6, 6.07) is 7.10. The van der Waals surface area contributed by atoms with Crippen molar-refractivity contribution in [1.29, 1.82) is 0 Å². The van der Waals surface area contributed by atoms with E-state index in [0.29, 0.717) is 25.0 Å². The van der Waals surface area contributed by atoms with Gasteiger partial charge < -0.3 is 10.6 Å². The molecule has 2 N–H and O–H groups in total. The zero-order chi connectivity index (χ0) is 15.4. The molecule has 0 aromatic heterocycles. The van der Waals surface area contributed by atoms with Crippen LogP contribution < -0.4 is 10.6 Å². The van der Waals surface area contributed by atoms with Gasteiger partial charge >= 0.3 is 0 Å². The third-order valence-electron chi connectivity index (χ3n) is 4.76. The third-order valence-corrected chi connectivity index (χ3v) is 4.76. The van der Waals surface area contributed by atoms with Gasteiger partial charge in [-0.3, -0.25) is 9.69 Å². The standard InChI is InChI=1S/C17H24FN3O/c18-15-3-1-13(2-4-15)5-8-20-17(22)12-21-10-7-16-14(11-21)6-9-19-16/h1-4,14,16,19H,5-12H2,(H,20,22). The Hall–Kier alpha value is -1.46. The van der Waals surface area contributed by atoms with Crippen molar-refractivity contribution in [3.05, 3.63) is 35.6 Å². The van der Waals surface area contributed by atoms with Gasteiger partial charge in [-0.2, -0.15) is 0 Å². The van der Waals surface area contributed by atoms with Gasteiger partial charge in [0.05, 0.1) is 6.54 Å². The van der Waals surface area contributed by atoms with Crippen LogP contribution in [0.4, 0.5) is 4.39 Å². The molecular weight excluding hydrogens is 281 g/mol. The summed E-state index contributed by atoms with van der Waals surface area (Å²) < 4.78 is 12.8. The highest BCUT2D eigenvalue weighted by molar-refractivity contribution is 5.78. The second-order valence-electron chi connectivity index (χ2n) is 6.36. The minimum Gasteiger partial charge on any atom is -0.355 e. The molecule has 2 heterocycles. The summed E-state index contributed by atoms with van der Waals surface area (Å²) in [5.74, 6) is 0.574. The number of piperidine rings is 1. The third kappa shape index (κ3) is 4.05. The van der Waals surface area contributed by atoms with Crippen LogP contribution in [0.2, 0.25) is 0 Å². The van der Waals surface area contributed by atoms with Gasteiger partial charge in [0.1, 0.15) is 5.82 Å². The van der Waals surface area contributed by atoms with E-state index in [1.807, 2.05) is 0 Å². The fraction of sp³-hybridized carbons (Fsp3) is 0.588. The summed E-state index contributed by atoms with van der Waals surface area (Å²) in [6.07, 6.45) is 3.11. The van der Waals surface area contributed by atoms with Crippen LogP contribution in [0.1, 0.15) is 18.4 Å². The van der Waals surface area contributed by atoms with Crippen LogP contribution in [0.5, 0.6) is 0 Å². The monoisotopic (exact) mass is 305 g/mol. The van der Waals surface area contributed by atoms with Gasteiger partial charge in [-0.1, -0.05) is 12.1 Å². The Bertz CT molecular complexity index is 505. The molecule has 2 unspecified atom stereocenters. The zero-order valence-electron chi connectivity index (χ0n) is 12.9. The van der Waals surface area contributed by atoms with E-state index in [1.54, 1.807) is 12.1 Å². The van der Waals surface area contributed by atoms with Crippen molar-refractivity contribution in [1.82, 2.24) is 15.5 Å². The number of hydrogen-bond acceptors (Lipinski definition) is 3. The van der Waals surface area contributed by atoms with Crippen LogP contribution in [-0.2, 0) is 11.2 Å². The van der Waals surface area contributed by atoms with Gasteiger partial charge in [-0.25, -0.2) is 4.39 Å². The molecule has 0 saturated carbocycles. The molecule has 1 amide bonds. The molecule has 3 rings (SSSR count). The number of halogens is 1. The molecule has 0 radical (unpaired) electrons. The molecule has 2 saturated heterocycles. The SMILES string of the molecule is O=C(CN1CCC2NCCC2C1)NCCc1ccc(F)cc1. The van der Waals surface area contributed by atoms with Gasteiger partial charge in [-0.05, 0) is 49.4 Å². The van der Waals surface area contributed by atoms with Crippen molar-refractivity contribution >= 4 is 5.91 Å². The fourth-order valence-electron chi connectivity index (χ4n) is 3.52. The topological polar surface area (TPSA) is 44.4 Å².